The molecule has 0 heterocycles. The average molecular weight is 132 g/mol. The fraction of sp³-hybridized carbons (Fsp3) is 1.00. The molecule has 0 amide bonds. The van der Waals surface area contributed by atoms with E-state index in [0.717, 1.165) is 12.8 Å². The highest BCUT2D eigenvalue weighted by Gasteiger charge is 2.16. The average Bonchev–Trinajstić information content (AvgIpc) is 1.77. The largest absolute Gasteiger partial charge is 0.412 e. The highest BCUT2D eigenvalue weighted by molar-refractivity contribution is 4.79. The van der Waals surface area contributed by atoms with E-state index in [1.54, 1.807) is 0 Å². The summed E-state index contributed by atoms with van der Waals surface area (Å²) in [6, 6.07) is 0.562. The zero-order valence-electron chi connectivity index (χ0n) is 5.64. The van der Waals surface area contributed by atoms with Gasteiger partial charge in [-0.25, -0.2) is 0 Å². The Morgan fingerprint density at radius 1 is 0.889 bits per heavy atom. The lowest BCUT2D eigenvalue weighted by molar-refractivity contribution is 0.385. The van der Waals surface area contributed by atoms with Crippen molar-refractivity contribution in [2.45, 2.75) is 37.8 Å². The maximum atomic E-state index is 5.65. The predicted molar refractivity (Wildman–Crippen MR) is 38.0 cm³/mol. The SMILES string of the molecule is NC1CCCCC1N.O. The molecular weight excluding hydrogens is 116 g/mol. The maximum absolute atomic E-state index is 5.65. The summed E-state index contributed by atoms with van der Waals surface area (Å²) < 4.78 is 0. The maximum Gasteiger partial charge on any atom is 0.0192 e. The molecule has 6 N–H and O–H groups in total. The van der Waals surface area contributed by atoms with Crippen molar-refractivity contribution in [2.24, 2.45) is 11.5 Å². The third kappa shape index (κ3) is 2.30. The van der Waals surface area contributed by atoms with Gasteiger partial charge in [-0.15, -0.1) is 0 Å². The van der Waals surface area contributed by atoms with Crippen molar-refractivity contribution in [1.29, 1.82) is 0 Å². The van der Waals surface area contributed by atoms with Crippen molar-refractivity contribution in [3.8, 4) is 0 Å². The first kappa shape index (κ1) is 8.88. The quantitative estimate of drug-likeness (QED) is 0.461. The molecule has 3 nitrogen and oxygen atoms in total. The highest BCUT2D eigenvalue weighted by atomic mass is 16.0. The first-order chi connectivity index (χ1) is 3.80. The van der Waals surface area contributed by atoms with Crippen LogP contribution in [0.1, 0.15) is 25.7 Å². The van der Waals surface area contributed by atoms with Crippen LogP contribution in [0, 0.1) is 0 Å². The van der Waals surface area contributed by atoms with Crippen LogP contribution in [-0.4, -0.2) is 17.6 Å². The highest BCUT2D eigenvalue weighted by Crippen LogP contribution is 2.14. The van der Waals surface area contributed by atoms with Crippen LogP contribution in [0.5, 0.6) is 0 Å². The van der Waals surface area contributed by atoms with Gasteiger partial charge in [-0.1, -0.05) is 12.8 Å². The van der Waals surface area contributed by atoms with Gasteiger partial charge < -0.3 is 16.9 Å². The summed E-state index contributed by atoms with van der Waals surface area (Å²) >= 11 is 0. The minimum absolute atomic E-state index is 0. The van der Waals surface area contributed by atoms with Crippen LogP contribution < -0.4 is 11.5 Å². The van der Waals surface area contributed by atoms with Crippen LogP contribution >= 0.6 is 0 Å². The van der Waals surface area contributed by atoms with Gasteiger partial charge in [-0.05, 0) is 12.8 Å². The summed E-state index contributed by atoms with van der Waals surface area (Å²) in [7, 11) is 0. The Morgan fingerprint density at radius 3 is 1.44 bits per heavy atom. The molecule has 1 rings (SSSR count). The molecular formula is C6H16N2O. The molecule has 0 aromatic carbocycles. The fourth-order valence-electron chi connectivity index (χ4n) is 1.19. The zero-order chi connectivity index (χ0) is 5.98. The van der Waals surface area contributed by atoms with Gasteiger partial charge >= 0.3 is 0 Å². The molecule has 0 spiro atoms. The molecule has 2 unspecified atom stereocenters. The lowest BCUT2D eigenvalue weighted by Crippen LogP contribution is -2.43. The third-order valence-electron chi connectivity index (χ3n) is 1.87. The van der Waals surface area contributed by atoms with Crippen molar-refractivity contribution in [1.82, 2.24) is 0 Å². The summed E-state index contributed by atoms with van der Waals surface area (Å²) in [6.45, 7) is 0. The van der Waals surface area contributed by atoms with Crippen molar-refractivity contribution >= 4 is 0 Å². The molecule has 0 aliphatic heterocycles. The Hall–Kier alpha value is -0.120. The van der Waals surface area contributed by atoms with Crippen molar-refractivity contribution < 1.29 is 5.48 Å². The molecule has 9 heavy (non-hydrogen) atoms. The van der Waals surface area contributed by atoms with Gasteiger partial charge in [-0.2, -0.15) is 0 Å². The van der Waals surface area contributed by atoms with Crippen LogP contribution in [0.25, 0.3) is 0 Å². The van der Waals surface area contributed by atoms with Gasteiger partial charge in [0.15, 0.2) is 0 Å². The second-order valence-electron chi connectivity index (χ2n) is 2.61. The summed E-state index contributed by atoms with van der Waals surface area (Å²) in [4.78, 5) is 0. The minimum Gasteiger partial charge on any atom is -0.412 e. The summed E-state index contributed by atoms with van der Waals surface area (Å²) in [5.41, 5.74) is 11.3. The van der Waals surface area contributed by atoms with Gasteiger partial charge in [0.05, 0.1) is 0 Å². The van der Waals surface area contributed by atoms with E-state index < -0.39 is 0 Å². The smallest absolute Gasteiger partial charge is 0.0192 e. The second kappa shape index (κ2) is 3.82. The molecule has 1 saturated carbocycles. The number of hydrogen-bond donors (Lipinski definition) is 2. The molecule has 0 bridgehead atoms. The first-order valence-corrected chi connectivity index (χ1v) is 3.32. The lowest BCUT2D eigenvalue weighted by Gasteiger charge is -2.24. The van der Waals surface area contributed by atoms with E-state index in [9.17, 15) is 0 Å². The Balaban J connectivity index is 0.000000640. The topological polar surface area (TPSA) is 83.5 Å². The Labute approximate surface area is 55.7 Å². The van der Waals surface area contributed by atoms with E-state index in [4.69, 9.17) is 11.5 Å². The fourth-order valence-corrected chi connectivity index (χ4v) is 1.19. The van der Waals surface area contributed by atoms with Gasteiger partial charge in [0, 0.05) is 12.1 Å². The molecule has 2 atom stereocenters. The van der Waals surface area contributed by atoms with E-state index in [2.05, 4.69) is 0 Å². The molecule has 0 aromatic heterocycles. The number of nitrogens with two attached hydrogens (primary N) is 2. The van der Waals surface area contributed by atoms with Crippen molar-refractivity contribution in [3.63, 3.8) is 0 Å². The van der Waals surface area contributed by atoms with E-state index in [0.29, 0.717) is 0 Å². The van der Waals surface area contributed by atoms with E-state index in [1.165, 1.54) is 12.8 Å². The monoisotopic (exact) mass is 132 g/mol. The second-order valence-corrected chi connectivity index (χ2v) is 2.61. The van der Waals surface area contributed by atoms with Crippen LogP contribution in [-0.2, 0) is 0 Å². The first-order valence-electron chi connectivity index (χ1n) is 3.32. The van der Waals surface area contributed by atoms with Crippen molar-refractivity contribution in [3.05, 3.63) is 0 Å². The Kier molecular flexibility index (Phi) is 3.77. The normalized spacial score (nSPS) is 35.3. The standard InChI is InChI=1S/C6H14N2.H2O/c7-5-3-1-2-4-6(5)8;/h5-6H,1-4,7-8H2;1H2. The molecule has 0 radical (unpaired) electrons. The zero-order valence-corrected chi connectivity index (χ0v) is 5.64. The summed E-state index contributed by atoms with van der Waals surface area (Å²) in [5, 5.41) is 0. The Morgan fingerprint density at radius 2 is 1.22 bits per heavy atom. The Bertz CT molecular complexity index is 67.5. The summed E-state index contributed by atoms with van der Waals surface area (Å²) in [5.74, 6) is 0. The lowest BCUT2D eigenvalue weighted by atomic mass is 9.92. The van der Waals surface area contributed by atoms with E-state index in [-0.39, 0.29) is 17.6 Å². The third-order valence-corrected chi connectivity index (χ3v) is 1.87. The molecule has 1 aliphatic carbocycles. The van der Waals surface area contributed by atoms with Crippen LogP contribution in [0.15, 0.2) is 0 Å². The molecule has 1 aliphatic rings. The predicted octanol–water partition coefficient (Wildman–Crippen LogP) is -0.610. The van der Waals surface area contributed by atoms with E-state index >= 15 is 0 Å². The van der Waals surface area contributed by atoms with Crippen LogP contribution in [0.4, 0.5) is 0 Å². The van der Waals surface area contributed by atoms with E-state index in [1.807, 2.05) is 0 Å². The van der Waals surface area contributed by atoms with Gasteiger partial charge in [0.2, 0.25) is 0 Å². The minimum atomic E-state index is 0. The molecule has 3 heteroatoms. The molecule has 0 saturated heterocycles. The van der Waals surface area contributed by atoms with Crippen LogP contribution in [0.3, 0.4) is 0 Å². The van der Waals surface area contributed by atoms with Gasteiger partial charge in [-0.3, -0.25) is 0 Å². The number of rotatable bonds is 0. The molecule has 56 valence electrons. The van der Waals surface area contributed by atoms with Gasteiger partial charge in [0.1, 0.15) is 0 Å². The number of hydrogen-bond acceptors (Lipinski definition) is 2. The molecule has 0 aromatic rings. The van der Waals surface area contributed by atoms with Gasteiger partial charge in [0.25, 0.3) is 0 Å². The van der Waals surface area contributed by atoms with Crippen LogP contribution in [0.2, 0.25) is 0 Å². The molecule has 1 fully saturated rings. The van der Waals surface area contributed by atoms with Crippen molar-refractivity contribution in [2.75, 3.05) is 0 Å². The summed E-state index contributed by atoms with van der Waals surface area (Å²) in [6.07, 6.45) is 4.80.